The van der Waals surface area contributed by atoms with E-state index in [9.17, 15) is 19.7 Å². The number of carbonyl (C=O) groups is 2. The lowest BCUT2D eigenvalue weighted by Crippen LogP contribution is -2.54. The second-order valence-corrected chi connectivity index (χ2v) is 9.88. The number of imide groups is 1. The van der Waals surface area contributed by atoms with Gasteiger partial charge >= 0.3 is 0 Å². The molecule has 0 saturated carbocycles. The zero-order chi connectivity index (χ0) is 26.0. The van der Waals surface area contributed by atoms with Crippen molar-refractivity contribution in [1.82, 2.24) is 0 Å². The molecule has 0 unspecified atom stereocenters. The van der Waals surface area contributed by atoms with Gasteiger partial charge < -0.3 is 0 Å². The number of hydrogen-bond acceptors (Lipinski definition) is 5. The topological polar surface area (TPSA) is 92.9 Å². The Bertz CT molecular complexity index is 1630. The van der Waals surface area contributed by atoms with E-state index in [1.54, 1.807) is 6.07 Å². The van der Waals surface area contributed by atoms with E-state index in [0.29, 0.717) is 0 Å². The molecule has 2 bridgehead atoms. The van der Waals surface area contributed by atoms with Crippen LogP contribution in [-0.2, 0) is 15.0 Å². The van der Waals surface area contributed by atoms with Crippen LogP contribution in [-0.4, -0.2) is 23.0 Å². The SMILES string of the molecule is O=C1[C@H]2C3c4ccccc4C(C=Nc4ccccc4)(c4ccccc43)[C@H]2C(=O)N1c1ccccc1[N+](=O)[O-]. The molecular formula is C31H21N3O4. The van der Waals surface area contributed by atoms with Crippen LogP contribution in [0.3, 0.4) is 0 Å². The summed E-state index contributed by atoms with van der Waals surface area (Å²) in [7, 11) is 0. The van der Waals surface area contributed by atoms with Crippen molar-refractivity contribution in [2.45, 2.75) is 11.3 Å². The summed E-state index contributed by atoms with van der Waals surface area (Å²) in [5.41, 5.74) is 3.29. The third-order valence-electron chi connectivity index (χ3n) is 8.18. The maximum Gasteiger partial charge on any atom is 0.293 e. The lowest BCUT2D eigenvalue weighted by Gasteiger charge is -2.52. The van der Waals surface area contributed by atoms with Crippen LogP contribution in [0.15, 0.2) is 108 Å². The summed E-state index contributed by atoms with van der Waals surface area (Å²) < 4.78 is 0. The Morgan fingerprint density at radius 2 is 1.34 bits per heavy atom. The third-order valence-corrected chi connectivity index (χ3v) is 8.18. The van der Waals surface area contributed by atoms with E-state index < -0.39 is 34.0 Å². The van der Waals surface area contributed by atoms with Gasteiger partial charge in [0.25, 0.3) is 5.69 Å². The number of anilines is 1. The average molecular weight is 500 g/mol. The second-order valence-electron chi connectivity index (χ2n) is 9.88. The predicted molar refractivity (Wildman–Crippen MR) is 143 cm³/mol. The first-order valence-corrected chi connectivity index (χ1v) is 12.4. The van der Waals surface area contributed by atoms with Crippen LogP contribution >= 0.6 is 0 Å². The van der Waals surface area contributed by atoms with Crippen LogP contribution in [0.4, 0.5) is 17.1 Å². The maximum absolute atomic E-state index is 14.4. The van der Waals surface area contributed by atoms with Crippen LogP contribution in [0, 0.1) is 22.0 Å². The maximum atomic E-state index is 14.4. The monoisotopic (exact) mass is 499 g/mol. The van der Waals surface area contributed by atoms with Crippen molar-refractivity contribution in [1.29, 1.82) is 0 Å². The van der Waals surface area contributed by atoms with Crippen molar-refractivity contribution in [3.8, 4) is 0 Å². The van der Waals surface area contributed by atoms with Gasteiger partial charge in [0.2, 0.25) is 11.8 Å². The van der Waals surface area contributed by atoms with Crippen molar-refractivity contribution in [3.05, 3.63) is 135 Å². The van der Waals surface area contributed by atoms with Crippen molar-refractivity contribution >= 4 is 35.1 Å². The van der Waals surface area contributed by atoms with Crippen molar-refractivity contribution in [2.75, 3.05) is 4.90 Å². The largest absolute Gasteiger partial charge is 0.293 e. The third kappa shape index (κ3) is 2.81. The number of para-hydroxylation sites is 3. The zero-order valence-electron chi connectivity index (χ0n) is 20.1. The molecule has 1 aliphatic heterocycles. The lowest BCUT2D eigenvalue weighted by molar-refractivity contribution is -0.384. The quantitative estimate of drug-likeness (QED) is 0.159. The molecule has 0 N–H and O–H groups in total. The number of nitrogens with zero attached hydrogens (tertiary/aromatic N) is 3. The van der Waals surface area contributed by atoms with Gasteiger partial charge in [-0.05, 0) is 40.5 Å². The second kappa shape index (κ2) is 8.05. The van der Waals surface area contributed by atoms with Gasteiger partial charge in [-0.1, -0.05) is 78.9 Å². The molecule has 4 aromatic rings. The van der Waals surface area contributed by atoms with Gasteiger partial charge in [0.15, 0.2) is 0 Å². The van der Waals surface area contributed by atoms with Gasteiger partial charge in [0.1, 0.15) is 5.69 Å². The standard InChI is InChI=1S/C31H21N3O4/c35-29-27-26-20-12-4-6-14-22(20)31(23-15-7-5-13-21(23)26,18-32-19-10-2-1-3-11-19)28(27)30(36)33(29)24-16-8-9-17-25(24)34(37)38/h1-18,26-28H/t26?,27-,28+,31?/m0/s1. The number of hydrogen-bond donors (Lipinski definition) is 0. The summed E-state index contributed by atoms with van der Waals surface area (Å²) in [6.45, 7) is 0. The summed E-state index contributed by atoms with van der Waals surface area (Å²) in [4.78, 5) is 45.8. The molecule has 38 heavy (non-hydrogen) atoms. The summed E-state index contributed by atoms with van der Waals surface area (Å²) in [5, 5.41) is 11.9. The molecule has 2 atom stereocenters. The van der Waals surface area contributed by atoms with Crippen LogP contribution in [0.2, 0.25) is 0 Å². The summed E-state index contributed by atoms with van der Waals surface area (Å²) >= 11 is 0. The minimum Gasteiger partial charge on any atom is -0.274 e. The van der Waals surface area contributed by atoms with E-state index in [-0.39, 0.29) is 17.3 Å². The Labute approximate surface area is 218 Å². The van der Waals surface area contributed by atoms with E-state index in [0.717, 1.165) is 32.8 Å². The number of amides is 2. The van der Waals surface area contributed by atoms with Crippen molar-refractivity contribution < 1.29 is 14.5 Å². The molecular weight excluding hydrogens is 478 g/mol. The molecule has 3 aliphatic carbocycles. The van der Waals surface area contributed by atoms with Gasteiger partial charge in [0, 0.05) is 18.2 Å². The van der Waals surface area contributed by atoms with Gasteiger partial charge in [-0.25, -0.2) is 4.90 Å². The zero-order valence-corrected chi connectivity index (χ0v) is 20.1. The highest BCUT2D eigenvalue weighted by Gasteiger charge is 2.68. The number of aliphatic imine (C=N–C) groups is 1. The summed E-state index contributed by atoms with van der Waals surface area (Å²) in [6, 6.07) is 31.2. The molecule has 1 saturated heterocycles. The number of rotatable bonds is 4. The Morgan fingerprint density at radius 1 is 0.763 bits per heavy atom. The molecule has 1 fully saturated rings. The van der Waals surface area contributed by atoms with Gasteiger partial charge in [-0.3, -0.25) is 24.7 Å². The number of nitro groups is 1. The van der Waals surface area contributed by atoms with Crippen molar-refractivity contribution in [2.24, 2.45) is 16.8 Å². The molecule has 184 valence electrons. The van der Waals surface area contributed by atoms with Crippen LogP contribution < -0.4 is 4.90 Å². The van der Waals surface area contributed by atoms with Crippen LogP contribution in [0.5, 0.6) is 0 Å². The predicted octanol–water partition coefficient (Wildman–Crippen LogP) is 5.55. The Kier molecular flexibility index (Phi) is 4.72. The number of carbonyl (C=O) groups excluding carboxylic acids is 2. The molecule has 4 aliphatic rings. The molecule has 8 rings (SSSR count). The first kappa shape index (κ1) is 22.3. The molecule has 0 radical (unpaired) electrons. The molecule has 7 nitrogen and oxygen atoms in total. The molecule has 1 heterocycles. The lowest BCUT2D eigenvalue weighted by atomic mass is 9.47. The fourth-order valence-corrected chi connectivity index (χ4v) is 6.79. The minimum absolute atomic E-state index is 0.00422. The normalized spacial score (nSPS) is 24.8. The number of nitro benzene ring substituents is 1. The van der Waals surface area contributed by atoms with Gasteiger partial charge in [-0.15, -0.1) is 0 Å². The molecule has 0 aromatic heterocycles. The van der Waals surface area contributed by atoms with Gasteiger partial charge in [0.05, 0.1) is 27.9 Å². The molecule has 7 heteroatoms. The van der Waals surface area contributed by atoms with E-state index in [1.165, 1.54) is 18.2 Å². The van der Waals surface area contributed by atoms with E-state index in [1.807, 2.05) is 85.1 Å². The summed E-state index contributed by atoms with van der Waals surface area (Å²) in [5.74, 6) is -2.71. The molecule has 0 spiro atoms. The van der Waals surface area contributed by atoms with E-state index in [4.69, 9.17) is 4.99 Å². The Morgan fingerprint density at radius 3 is 2.00 bits per heavy atom. The molecule has 4 aromatic carbocycles. The van der Waals surface area contributed by atoms with E-state index in [2.05, 4.69) is 0 Å². The first-order chi connectivity index (χ1) is 18.5. The average Bonchev–Trinajstić information content (AvgIpc) is 3.23. The van der Waals surface area contributed by atoms with E-state index >= 15 is 0 Å². The summed E-state index contributed by atoms with van der Waals surface area (Å²) in [6.07, 6.45) is 1.82. The fraction of sp³-hybridized carbons (Fsp3) is 0.129. The molecule has 2 amide bonds. The fourth-order valence-electron chi connectivity index (χ4n) is 6.79. The van der Waals surface area contributed by atoms with Crippen molar-refractivity contribution in [3.63, 3.8) is 0 Å². The first-order valence-electron chi connectivity index (χ1n) is 12.4. The Hall–Kier alpha value is -4.91. The Balaban J connectivity index is 1.51. The van der Waals surface area contributed by atoms with Crippen LogP contribution in [0.1, 0.15) is 28.2 Å². The van der Waals surface area contributed by atoms with Gasteiger partial charge in [-0.2, -0.15) is 0 Å². The smallest absolute Gasteiger partial charge is 0.274 e. The highest BCUT2D eigenvalue weighted by molar-refractivity contribution is 6.25. The highest BCUT2D eigenvalue weighted by Crippen LogP contribution is 2.64. The van der Waals surface area contributed by atoms with Crippen LogP contribution in [0.25, 0.3) is 0 Å². The highest BCUT2D eigenvalue weighted by atomic mass is 16.6. The number of benzene rings is 4. The minimum atomic E-state index is -1.02.